The summed E-state index contributed by atoms with van der Waals surface area (Å²) in [6, 6.07) is 0. The molecule has 1 saturated heterocycles. The van der Waals surface area contributed by atoms with E-state index in [1.807, 2.05) is 0 Å². The molecule has 3 heteroatoms. The lowest BCUT2D eigenvalue weighted by Gasteiger charge is -2.46. The summed E-state index contributed by atoms with van der Waals surface area (Å²) in [5.74, 6) is 0. The van der Waals surface area contributed by atoms with Crippen LogP contribution in [0.25, 0.3) is 0 Å². The van der Waals surface area contributed by atoms with Crippen LogP contribution in [0.15, 0.2) is 0 Å². The molecule has 0 aliphatic carbocycles. The molecule has 1 aliphatic heterocycles. The van der Waals surface area contributed by atoms with E-state index in [-0.39, 0.29) is 16.7 Å². The van der Waals surface area contributed by atoms with Crippen LogP contribution in [0.4, 0.5) is 0 Å². The first-order valence-corrected chi connectivity index (χ1v) is 7.32. The van der Waals surface area contributed by atoms with E-state index in [0.29, 0.717) is 6.54 Å². The number of nitrogens with two attached hydrogens (primary N) is 1. The van der Waals surface area contributed by atoms with Crippen molar-refractivity contribution in [2.75, 3.05) is 20.1 Å². The van der Waals surface area contributed by atoms with Gasteiger partial charge in [0.1, 0.15) is 0 Å². The van der Waals surface area contributed by atoms with Crippen LogP contribution in [0.3, 0.4) is 0 Å². The summed E-state index contributed by atoms with van der Waals surface area (Å²) < 4.78 is 6.25. The van der Waals surface area contributed by atoms with Crippen LogP contribution in [-0.4, -0.2) is 41.8 Å². The van der Waals surface area contributed by atoms with Crippen molar-refractivity contribution in [1.29, 1.82) is 0 Å². The van der Waals surface area contributed by atoms with Crippen molar-refractivity contribution in [2.45, 2.75) is 77.0 Å². The number of rotatable bonds is 6. The average molecular weight is 256 g/mol. The van der Waals surface area contributed by atoms with Gasteiger partial charge >= 0.3 is 0 Å². The summed E-state index contributed by atoms with van der Waals surface area (Å²) in [5.41, 5.74) is 5.84. The summed E-state index contributed by atoms with van der Waals surface area (Å²) in [6.07, 6.45) is 4.79. The molecule has 0 radical (unpaired) electrons. The highest BCUT2D eigenvalue weighted by atomic mass is 16.5. The molecule has 0 saturated carbocycles. The van der Waals surface area contributed by atoms with Crippen LogP contribution in [-0.2, 0) is 4.74 Å². The maximum atomic E-state index is 6.25. The molecule has 2 N–H and O–H groups in total. The predicted octanol–water partition coefficient (Wildman–Crippen LogP) is 2.78. The van der Waals surface area contributed by atoms with E-state index in [4.69, 9.17) is 10.5 Å². The van der Waals surface area contributed by atoms with E-state index in [9.17, 15) is 0 Å². The first kappa shape index (κ1) is 15.9. The Balaban J connectivity index is 2.84. The van der Waals surface area contributed by atoms with Crippen molar-refractivity contribution < 1.29 is 4.74 Å². The van der Waals surface area contributed by atoms with Crippen LogP contribution in [0.1, 0.15) is 60.3 Å². The van der Waals surface area contributed by atoms with Gasteiger partial charge in [-0.2, -0.15) is 0 Å². The quantitative estimate of drug-likeness (QED) is 0.743. The number of nitrogens with zero attached hydrogens (tertiary/aromatic N) is 1. The largest absolute Gasteiger partial charge is 0.368 e. The Labute approximate surface area is 113 Å². The number of unbranched alkanes of at least 4 members (excludes halogenated alkanes) is 2. The van der Waals surface area contributed by atoms with E-state index < -0.39 is 0 Å². The standard InChI is InChI=1S/C15H32N2O/c1-7-8-9-10-17(6)15(12-16)11-13(2,3)18-14(15,4)5/h7-12,16H2,1-6H3. The van der Waals surface area contributed by atoms with Gasteiger partial charge in [-0.3, -0.25) is 4.90 Å². The van der Waals surface area contributed by atoms with Gasteiger partial charge in [0.2, 0.25) is 0 Å². The van der Waals surface area contributed by atoms with Crippen molar-refractivity contribution in [3.05, 3.63) is 0 Å². The van der Waals surface area contributed by atoms with Gasteiger partial charge in [0, 0.05) is 6.54 Å². The van der Waals surface area contributed by atoms with Crippen LogP contribution < -0.4 is 5.73 Å². The third-order valence-electron chi connectivity index (χ3n) is 4.54. The van der Waals surface area contributed by atoms with Crippen molar-refractivity contribution in [3.63, 3.8) is 0 Å². The van der Waals surface area contributed by atoms with Gasteiger partial charge in [0.05, 0.1) is 16.7 Å². The van der Waals surface area contributed by atoms with Gasteiger partial charge < -0.3 is 10.5 Å². The molecule has 0 bridgehead atoms. The second-order valence-electron chi connectivity index (χ2n) is 6.91. The minimum atomic E-state index is -0.188. The van der Waals surface area contributed by atoms with Crippen LogP contribution >= 0.6 is 0 Å². The Bertz CT molecular complexity index is 276. The Morgan fingerprint density at radius 3 is 2.17 bits per heavy atom. The summed E-state index contributed by atoms with van der Waals surface area (Å²) in [5, 5.41) is 0. The lowest BCUT2D eigenvalue weighted by Crippen LogP contribution is -2.62. The van der Waals surface area contributed by atoms with E-state index in [2.05, 4.69) is 46.6 Å². The molecule has 0 spiro atoms. The molecule has 1 unspecified atom stereocenters. The predicted molar refractivity (Wildman–Crippen MR) is 77.8 cm³/mol. The van der Waals surface area contributed by atoms with E-state index in [0.717, 1.165) is 13.0 Å². The molecule has 108 valence electrons. The van der Waals surface area contributed by atoms with Crippen molar-refractivity contribution in [3.8, 4) is 0 Å². The highest BCUT2D eigenvalue weighted by Crippen LogP contribution is 2.47. The van der Waals surface area contributed by atoms with Crippen molar-refractivity contribution in [2.24, 2.45) is 5.73 Å². The van der Waals surface area contributed by atoms with Crippen LogP contribution in [0.5, 0.6) is 0 Å². The number of likely N-dealkylation sites (N-methyl/N-ethyl adjacent to an activating group) is 1. The topological polar surface area (TPSA) is 38.5 Å². The van der Waals surface area contributed by atoms with Gasteiger partial charge in [0.25, 0.3) is 0 Å². The summed E-state index contributed by atoms with van der Waals surface area (Å²) in [7, 11) is 2.20. The Kier molecular flexibility index (Phi) is 4.85. The number of hydrogen-bond donors (Lipinski definition) is 1. The fourth-order valence-electron chi connectivity index (χ4n) is 3.62. The zero-order valence-corrected chi connectivity index (χ0v) is 13.2. The lowest BCUT2D eigenvalue weighted by molar-refractivity contribution is -0.100. The third-order valence-corrected chi connectivity index (χ3v) is 4.54. The van der Waals surface area contributed by atoms with Gasteiger partial charge in [-0.25, -0.2) is 0 Å². The second kappa shape index (κ2) is 5.48. The molecule has 1 rings (SSSR count). The monoisotopic (exact) mass is 256 g/mol. The Morgan fingerprint density at radius 1 is 1.17 bits per heavy atom. The maximum Gasteiger partial charge on any atom is 0.0829 e. The summed E-state index contributed by atoms with van der Waals surface area (Å²) in [4.78, 5) is 2.44. The average Bonchev–Trinajstić information content (AvgIpc) is 2.43. The molecule has 0 aromatic carbocycles. The summed E-state index contributed by atoms with van der Waals surface area (Å²) >= 11 is 0. The normalized spacial score (nSPS) is 30.0. The van der Waals surface area contributed by atoms with E-state index >= 15 is 0 Å². The molecule has 0 amide bonds. The number of hydrogen-bond acceptors (Lipinski definition) is 3. The molecule has 1 heterocycles. The highest BCUT2D eigenvalue weighted by Gasteiger charge is 2.58. The second-order valence-corrected chi connectivity index (χ2v) is 6.91. The fraction of sp³-hybridized carbons (Fsp3) is 1.00. The molecular weight excluding hydrogens is 224 g/mol. The Morgan fingerprint density at radius 2 is 1.78 bits per heavy atom. The molecule has 1 atom stereocenters. The van der Waals surface area contributed by atoms with Crippen molar-refractivity contribution in [1.82, 2.24) is 4.90 Å². The smallest absolute Gasteiger partial charge is 0.0829 e. The van der Waals surface area contributed by atoms with Crippen LogP contribution in [0.2, 0.25) is 0 Å². The SMILES string of the molecule is CCCCCN(C)C1(CN)CC(C)(C)OC1(C)C. The number of ether oxygens (including phenoxy) is 1. The minimum absolute atomic E-state index is 0.0375. The molecule has 1 aliphatic rings. The lowest BCUT2D eigenvalue weighted by atomic mass is 9.77. The molecular formula is C15H32N2O. The van der Waals surface area contributed by atoms with E-state index in [1.54, 1.807) is 0 Å². The minimum Gasteiger partial charge on any atom is -0.368 e. The molecule has 0 aromatic heterocycles. The Hall–Kier alpha value is -0.120. The molecule has 3 nitrogen and oxygen atoms in total. The molecule has 1 fully saturated rings. The van der Waals surface area contributed by atoms with E-state index in [1.165, 1.54) is 19.3 Å². The third kappa shape index (κ3) is 2.89. The molecule has 18 heavy (non-hydrogen) atoms. The maximum absolute atomic E-state index is 6.25. The zero-order chi connectivity index (χ0) is 14.0. The van der Waals surface area contributed by atoms with Gasteiger partial charge in [-0.15, -0.1) is 0 Å². The van der Waals surface area contributed by atoms with Crippen LogP contribution in [0, 0.1) is 0 Å². The molecule has 0 aromatic rings. The zero-order valence-electron chi connectivity index (χ0n) is 13.2. The van der Waals surface area contributed by atoms with Gasteiger partial charge in [-0.1, -0.05) is 19.8 Å². The van der Waals surface area contributed by atoms with Gasteiger partial charge in [0.15, 0.2) is 0 Å². The highest BCUT2D eigenvalue weighted by molar-refractivity contribution is 5.12. The summed E-state index contributed by atoms with van der Waals surface area (Å²) in [6.45, 7) is 12.7. The first-order valence-electron chi connectivity index (χ1n) is 7.32. The van der Waals surface area contributed by atoms with Gasteiger partial charge in [-0.05, 0) is 54.1 Å². The fourth-order valence-corrected chi connectivity index (χ4v) is 3.62. The van der Waals surface area contributed by atoms with Crippen molar-refractivity contribution >= 4 is 0 Å². The first-order chi connectivity index (χ1) is 8.21.